The number of hydrogen-bond acceptors (Lipinski definition) is 5. The van der Waals surface area contributed by atoms with E-state index in [4.69, 9.17) is 5.11 Å². The Morgan fingerprint density at radius 1 is 1.30 bits per heavy atom. The van der Waals surface area contributed by atoms with Crippen LogP contribution in [0.3, 0.4) is 0 Å². The third-order valence-corrected chi connectivity index (χ3v) is 3.21. The lowest BCUT2D eigenvalue weighted by Crippen LogP contribution is -2.37. The molecule has 0 aliphatic heterocycles. The summed E-state index contributed by atoms with van der Waals surface area (Å²) in [5.41, 5.74) is -0.594. The summed E-state index contributed by atoms with van der Waals surface area (Å²) in [5.74, 6) is -0.635. The number of nitrogens with zero attached hydrogens (tertiary/aromatic N) is 3. The van der Waals surface area contributed by atoms with Crippen molar-refractivity contribution < 1.29 is 14.6 Å². The van der Waals surface area contributed by atoms with Crippen molar-refractivity contribution in [3.63, 3.8) is 0 Å². The largest absolute Gasteiger partial charge is 0.464 e. The van der Waals surface area contributed by atoms with Crippen molar-refractivity contribution in [3.05, 3.63) is 32.6 Å². The van der Waals surface area contributed by atoms with Crippen LogP contribution in [-0.2, 0) is 25.4 Å². The zero-order valence-electron chi connectivity index (χ0n) is 11.4. The van der Waals surface area contributed by atoms with Gasteiger partial charge in [0.05, 0.1) is 19.1 Å². The first-order valence-corrected chi connectivity index (χ1v) is 5.92. The number of ether oxygens (including phenoxy) is 1. The molecule has 2 rings (SSSR count). The molecule has 2 heterocycles. The van der Waals surface area contributed by atoms with Crippen LogP contribution in [0.4, 0.5) is 0 Å². The van der Waals surface area contributed by atoms with Gasteiger partial charge in [-0.15, -0.1) is 0 Å². The molecule has 1 N–H and O–H groups in total. The van der Waals surface area contributed by atoms with Gasteiger partial charge >= 0.3 is 11.7 Å². The predicted octanol–water partition coefficient (Wildman–Crippen LogP) is -1.18. The number of aryl methyl sites for hydroxylation is 1. The van der Waals surface area contributed by atoms with E-state index in [2.05, 4.69) is 4.74 Å². The predicted molar refractivity (Wildman–Crippen MR) is 70.8 cm³/mol. The molecule has 0 fully saturated rings. The Balaban J connectivity index is 2.99. The minimum Gasteiger partial charge on any atom is -0.464 e. The molecule has 0 aliphatic rings. The van der Waals surface area contributed by atoms with E-state index in [-0.39, 0.29) is 29.9 Å². The number of hydrogen-bond donors (Lipinski definition) is 1. The normalized spacial score (nSPS) is 11.0. The summed E-state index contributed by atoms with van der Waals surface area (Å²) in [4.78, 5) is 35.8. The van der Waals surface area contributed by atoms with E-state index in [1.807, 2.05) is 0 Å². The number of methoxy groups -OCH3 is 1. The highest BCUT2D eigenvalue weighted by Gasteiger charge is 2.21. The van der Waals surface area contributed by atoms with Crippen LogP contribution in [0.25, 0.3) is 11.0 Å². The van der Waals surface area contributed by atoms with E-state index >= 15 is 0 Å². The minimum absolute atomic E-state index is 0.0778. The van der Waals surface area contributed by atoms with Crippen molar-refractivity contribution in [2.75, 3.05) is 13.7 Å². The Labute approximate surface area is 113 Å². The van der Waals surface area contributed by atoms with Crippen LogP contribution in [0.2, 0.25) is 0 Å². The van der Waals surface area contributed by atoms with Crippen molar-refractivity contribution in [1.82, 2.24) is 13.7 Å². The Kier molecular flexibility index (Phi) is 3.49. The second-order valence-electron chi connectivity index (χ2n) is 4.34. The number of esters is 1. The van der Waals surface area contributed by atoms with Crippen molar-refractivity contribution in [2.45, 2.75) is 6.54 Å². The average molecular weight is 281 g/mol. The molecule has 0 radical (unpaired) electrons. The summed E-state index contributed by atoms with van der Waals surface area (Å²) in [6, 6.07) is 1.37. The van der Waals surface area contributed by atoms with Gasteiger partial charge in [-0.1, -0.05) is 0 Å². The van der Waals surface area contributed by atoms with Gasteiger partial charge in [0.1, 0.15) is 11.3 Å². The Morgan fingerprint density at radius 3 is 2.50 bits per heavy atom. The summed E-state index contributed by atoms with van der Waals surface area (Å²) in [6.45, 7) is -0.161. The molecule has 0 saturated carbocycles. The number of aliphatic hydroxyl groups is 1. The van der Waals surface area contributed by atoms with Gasteiger partial charge < -0.3 is 14.4 Å². The van der Waals surface area contributed by atoms with E-state index < -0.39 is 17.2 Å². The molecular weight excluding hydrogens is 266 g/mol. The van der Waals surface area contributed by atoms with Crippen LogP contribution in [0.1, 0.15) is 10.5 Å². The Morgan fingerprint density at radius 2 is 1.95 bits per heavy atom. The number of aliphatic hydroxyl groups excluding tert-OH is 1. The molecule has 20 heavy (non-hydrogen) atoms. The first-order valence-electron chi connectivity index (χ1n) is 5.92. The first-order chi connectivity index (χ1) is 9.43. The van der Waals surface area contributed by atoms with E-state index in [0.29, 0.717) is 0 Å². The molecule has 0 amide bonds. The van der Waals surface area contributed by atoms with Crippen LogP contribution in [0.15, 0.2) is 15.7 Å². The smallest absolute Gasteiger partial charge is 0.354 e. The molecule has 0 aliphatic carbocycles. The number of carbonyl (C=O) groups excluding carboxylic acids is 1. The molecular formula is C12H15N3O5. The van der Waals surface area contributed by atoms with Gasteiger partial charge in [-0.25, -0.2) is 9.59 Å². The van der Waals surface area contributed by atoms with Gasteiger partial charge in [0, 0.05) is 20.6 Å². The standard InChI is InChI=1S/C12H15N3O5/c1-13-9-7(10(17)14(2)12(13)19)6-8(11(18)20-3)15(9)4-5-16/h6,16H,4-5H2,1-3H3. The quantitative estimate of drug-likeness (QED) is 0.714. The summed E-state index contributed by atoms with van der Waals surface area (Å²) >= 11 is 0. The summed E-state index contributed by atoms with van der Waals surface area (Å²) in [5, 5.41) is 9.34. The van der Waals surface area contributed by atoms with Crippen LogP contribution in [0.5, 0.6) is 0 Å². The molecule has 0 spiro atoms. The van der Waals surface area contributed by atoms with Crippen LogP contribution in [0, 0.1) is 0 Å². The molecule has 0 atom stereocenters. The molecule has 0 unspecified atom stereocenters. The van der Waals surface area contributed by atoms with Crippen molar-refractivity contribution >= 4 is 17.0 Å². The highest BCUT2D eigenvalue weighted by Crippen LogP contribution is 2.16. The molecule has 0 saturated heterocycles. The van der Waals surface area contributed by atoms with E-state index in [0.717, 1.165) is 4.57 Å². The third kappa shape index (κ3) is 1.85. The highest BCUT2D eigenvalue weighted by atomic mass is 16.5. The molecule has 0 bridgehead atoms. The second kappa shape index (κ2) is 4.97. The van der Waals surface area contributed by atoms with Crippen LogP contribution in [-0.4, -0.2) is 38.5 Å². The monoisotopic (exact) mass is 281 g/mol. The Bertz CT molecular complexity index is 796. The van der Waals surface area contributed by atoms with Gasteiger partial charge in [-0.3, -0.25) is 13.9 Å². The van der Waals surface area contributed by atoms with E-state index in [1.165, 1.54) is 36.4 Å². The number of aromatic nitrogens is 3. The Hall–Kier alpha value is -2.35. The fourth-order valence-corrected chi connectivity index (χ4v) is 2.24. The van der Waals surface area contributed by atoms with Gasteiger partial charge in [0.25, 0.3) is 5.56 Å². The summed E-state index contributed by atoms with van der Waals surface area (Å²) in [7, 11) is 4.09. The molecule has 108 valence electrons. The molecule has 2 aromatic rings. The van der Waals surface area contributed by atoms with Crippen molar-refractivity contribution in [2.24, 2.45) is 14.1 Å². The lowest BCUT2D eigenvalue weighted by Gasteiger charge is -2.10. The topological polar surface area (TPSA) is 95.5 Å². The maximum atomic E-state index is 12.1. The highest BCUT2D eigenvalue weighted by molar-refractivity contribution is 5.94. The third-order valence-electron chi connectivity index (χ3n) is 3.21. The lowest BCUT2D eigenvalue weighted by atomic mass is 10.3. The molecule has 8 heteroatoms. The van der Waals surface area contributed by atoms with Crippen LogP contribution >= 0.6 is 0 Å². The maximum absolute atomic E-state index is 12.1. The number of fused-ring (bicyclic) bond motifs is 1. The number of carbonyl (C=O) groups is 1. The minimum atomic E-state index is -0.635. The second-order valence-corrected chi connectivity index (χ2v) is 4.34. The van der Waals surface area contributed by atoms with Gasteiger partial charge in [0.2, 0.25) is 0 Å². The molecule has 2 aromatic heterocycles. The maximum Gasteiger partial charge on any atom is 0.354 e. The zero-order valence-corrected chi connectivity index (χ0v) is 11.4. The van der Waals surface area contributed by atoms with E-state index in [9.17, 15) is 14.4 Å². The van der Waals surface area contributed by atoms with Crippen LogP contribution < -0.4 is 11.2 Å². The van der Waals surface area contributed by atoms with E-state index in [1.54, 1.807) is 0 Å². The average Bonchev–Trinajstić information content (AvgIpc) is 2.82. The fourth-order valence-electron chi connectivity index (χ4n) is 2.24. The molecule has 0 aromatic carbocycles. The fraction of sp³-hybridized carbons (Fsp3) is 0.417. The first kappa shape index (κ1) is 14.1. The SMILES string of the molecule is COC(=O)c1cc2c(=O)n(C)c(=O)n(C)c2n1CCO. The lowest BCUT2D eigenvalue weighted by molar-refractivity contribution is 0.0588. The van der Waals surface area contributed by atoms with Gasteiger partial charge in [-0.05, 0) is 6.07 Å². The van der Waals surface area contributed by atoms with Gasteiger partial charge in [-0.2, -0.15) is 0 Å². The number of rotatable bonds is 3. The summed E-state index contributed by atoms with van der Waals surface area (Å²) in [6.07, 6.45) is 0. The summed E-state index contributed by atoms with van der Waals surface area (Å²) < 4.78 is 8.29. The van der Waals surface area contributed by atoms with Gasteiger partial charge in [0.15, 0.2) is 0 Å². The molecule has 8 nitrogen and oxygen atoms in total. The van der Waals surface area contributed by atoms with Crippen molar-refractivity contribution in [1.29, 1.82) is 0 Å². The van der Waals surface area contributed by atoms with Crippen molar-refractivity contribution in [3.8, 4) is 0 Å². The zero-order chi connectivity index (χ0) is 15.0.